The Hall–Kier alpha value is -3.11. The van der Waals surface area contributed by atoms with Crippen molar-refractivity contribution in [2.75, 3.05) is 11.9 Å². The Morgan fingerprint density at radius 1 is 1.06 bits per heavy atom. The lowest BCUT2D eigenvalue weighted by Crippen LogP contribution is -2.74. The van der Waals surface area contributed by atoms with Crippen LogP contribution >= 0.6 is 27.7 Å². The summed E-state index contributed by atoms with van der Waals surface area (Å²) in [6.45, 7) is 1.42. The number of carbonyl (C=O) groups is 4. The maximum atomic E-state index is 13.6. The number of hydrogen-bond acceptors (Lipinski definition) is 7. The van der Waals surface area contributed by atoms with Crippen molar-refractivity contribution in [3.8, 4) is 0 Å². The Morgan fingerprint density at radius 3 is 2.20 bits per heavy atom. The van der Waals surface area contributed by atoms with Crippen molar-refractivity contribution in [3.63, 3.8) is 0 Å². The molecule has 2 unspecified atom stereocenters. The molecule has 4 rings (SSSR count). The smallest absolute Gasteiger partial charge is 0.337 e. The minimum atomic E-state index is -1.29. The maximum absolute atomic E-state index is 13.6. The van der Waals surface area contributed by atoms with E-state index in [9.17, 15) is 19.2 Å². The van der Waals surface area contributed by atoms with Crippen molar-refractivity contribution >= 4 is 51.4 Å². The minimum absolute atomic E-state index is 0.0201. The quantitative estimate of drug-likeness (QED) is 0.302. The first-order valence-corrected chi connectivity index (χ1v) is 13.0. The molecule has 182 valence electrons. The first kappa shape index (κ1) is 25.0. The molecule has 2 heterocycles. The van der Waals surface area contributed by atoms with Crippen molar-refractivity contribution in [2.24, 2.45) is 0 Å². The summed E-state index contributed by atoms with van der Waals surface area (Å²) in [6.07, 6.45) is -0.750. The van der Waals surface area contributed by atoms with Gasteiger partial charge in [0.15, 0.2) is 12.1 Å². The van der Waals surface area contributed by atoms with Gasteiger partial charge in [-0.25, -0.2) is 9.59 Å². The van der Waals surface area contributed by atoms with E-state index in [1.807, 2.05) is 60.7 Å². The Kier molecular flexibility index (Phi) is 7.92. The van der Waals surface area contributed by atoms with Gasteiger partial charge >= 0.3 is 11.9 Å². The van der Waals surface area contributed by atoms with Crippen molar-refractivity contribution in [2.45, 2.75) is 30.5 Å². The number of nitrogens with zero attached hydrogens (tertiary/aromatic N) is 1. The largest absolute Gasteiger partial charge is 0.461 e. The van der Waals surface area contributed by atoms with Crippen molar-refractivity contribution in [1.82, 2.24) is 10.2 Å². The Morgan fingerprint density at radius 2 is 1.66 bits per heavy atom. The monoisotopic (exact) mass is 558 g/mol. The number of thioether (sulfide) groups is 1. The van der Waals surface area contributed by atoms with Crippen LogP contribution in [0.5, 0.6) is 0 Å². The summed E-state index contributed by atoms with van der Waals surface area (Å²) in [4.78, 5) is 52.2. The number of hydrogen-bond donors (Lipinski definition) is 1. The van der Waals surface area contributed by atoms with Crippen LogP contribution in [0.4, 0.5) is 0 Å². The SMILES string of the molecule is CC(=O)NC1C(=O)N2C(C(=O)OC(c3ccccc3)c3ccccc3)C(C(=O)OCCBr)=CS[C@H]12. The van der Waals surface area contributed by atoms with Crippen LogP contribution in [0, 0.1) is 0 Å². The number of carbonyl (C=O) groups excluding carboxylic acids is 4. The lowest BCUT2D eigenvalue weighted by molar-refractivity contribution is -0.166. The molecule has 0 aromatic heterocycles. The average Bonchev–Trinajstić information content (AvgIpc) is 2.88. The molecular weight excluding hydrogens is 536 g/mol. The zero-order valence-corrected chi connectivity index (χ0v) is 21.2. The average molecular weight is 559 g/mol. The minimum Gasteiger partial charge on any atom is -0.461 e. The molecule has 1 N–H and O–H groups in total. The maximum Gasteiger partial charge on any atom is 0.337 e. The summed E-state index contributed by atoms with van der Waals surface area (Å²) in [5, 5.41) is 4.01. The van der Waals surface area contributed by atoms with E-state index in [1.54, 1.807) is 0 Å². The molecule has 35 heavy (non-hydrogen) atoms. The molecule has 8 nitrogen and oxygen atoms in total. The second-order valence-electron chi connectivity index (χ2n) is 7.89. The number of benzene rings is 2. The normalized spacial score (nSPS) is 20.9. The van der Waals surface area contributed by atoms with Crippen molar-refractivity contribution < 1.29 is 28.7 Å². The third-order valence-electron chi connectivity index (χ3n) is 5.55. The highest BCUT2D eigenvalue weighted by molar-refractivity contribution is 9.09. The third kappa shape index (κ3) is 5.28. The van der Waals surface area contributed by atoms with Gasteiger partial charge in [0.25, 0.3) is 0 Å². The number of rotatable bonds is 8. The number of ether oxygens (including phenoxy) is 2. The molecule has 10 heteroatoms. The molecule has 2 aliphatic rings. The molecule has 2 aromatic rings. The van der Waals surface area contributed by atoms with E-state index in [0.29, 0.717) is 5.33 Å². The predicted octanol–water partition coefficient (Wildman–Crippen LogP) is 2.93. The van der Waals surface area contributed by atoms with Crippen LogP contribution in [0.1, 0.15) is 24.2 Å². The first-order valence-electron chi connectivity index (χ1n) is 10.9. The fourth-order valence-corrected chi connectivity index (χ4v) is 5.37. The van der Waals surface area contributed by atoms with Crippen molar-refractivity contribution in [1.29, 1.82) is 0 Å². The Labute approximate surface area is 215 Å². The van der Waals surface area contributed by atoms with Gasteiger partial charge in [0, 0.05) is 12.3 Å². The predicted molar refractivity (Wildman–Crippen MR) is 133 cm³/mol. The summed E-state index contributed by atoms with van der Waals surface area (Å²) in [7, 11) is 0. The second-order valence-corrected chi connectivity index (χ2v) is 9.67. The van der Waals surface area contributed by atoms with Crippen LogP contribution in [0.25, 0.3) is 0 Å². The molecule has 0 saturated carbocycles. The molecule has 2 amide bonds. The molecule has 0 radical (unpaired) electrons. The van der Waals surface area contributed by atoms with Crippen LogP contribution in [0.15, 0.2) is 71.6 Å². The number of esters is 2. The van der Waals surface area contributed by atoms with Crippen LogP contribution in [-0.2, 0) is 28.7 Å². The molecule has 1 saturated heterocycles. The Bertz CT molecular complexity index is 1100. The Balaban J connectivity index is 1.66. The summed E-state index contributed by atoms with van der Waals surface area (Å²) in [5.41, 5.74) is 1.51. The molecule has 2 aromatic carbocycles. The van der Waals surface area contributed by atoms with E-state index in [4.69, 9.17) is 9.47 Å². The zero-order valence-electron chi connectivity index (χ0n) is 18.8. The first-order chi connectivity index (χ1) is 16.9. The van der Waals surface area contributed by atoms with Gasteiger partial charge in [-0.2, -0.15) is 0 Å². The zero-order chi connectivity index (χ0) is 24.9. The van der Waals surface area contributed by atoms with Gasteiger partial charge in [-0.3, -0.25) is 9.59 Å². The van der Waals surface area contributed by atoms with Crippen LogP contribution < -0.4 is 5.32 Å². The summed E-state index contributed by atoms with van der Waals surface area (Å²) in [6, 6.07) is 16.4. The second kappa shape index (κ2) is 11.1. The molecule has 2 aliphatic heterocycles. The number of fused-ring (bicyclic) bond motifs is 1. The number of alkyl halides is 1. The molecule has 3 atom stereocenters. The summed E-state index contributed by atoms with van der Waals surface area (Å²) < 4.78 is 11.2. The molecule has 0 spiro atoms. The number of halogens is 1. The van der Waals surface area contributed by atoms with E-state index < -0.39 is 41.4 Å². The molecule has 0 aliphatic carbocycles. The number of nitrogens with one attached hydrogen (secondary N) is 1. The van der Waals surface area contributed by atoms with Gasteiger partial charge in [0.2, 0.25) is 11.8 Å². The highest BCUT2D eigenvalue weighted by Crippen LogP contribution is 2.41. The fourth-order valence-electron chi connectivity index (χ4n) is 3.99. The number of β-lactam (4-membered cyclic amide) rings is 1. The van der Waals surface area contributed by atoms with E-state index >= 15 is 0 Å². The van der Waals surface area contributed by atoms with E-state index in [-0.39, 0.29) is 18.1 Å². The summed E-state index contributed by atoms with van der Waals surface area (Å²) >= 11 is 4.38. The van der Waals surface area contributed by atoms with Gasteiger partial charge in [-0.05, 0) is 16.5 Å². The van der Waals surface area contributed by atoms with E-state index in [1.165, 1.54) is 29.0 Å². The lowest BCUT2D eigenvalue weighted by Gasteiger charge is -2.51. The van der Waals surface area contributed by atoms with Gasteiger partial charge < -0.3 is 19.7 Å². The van der Waals surface area contributed by atoms with Gasteiger partial charge in [0.1, 0.15) is 18.0 Å². The fraction of sp³-hybridized carbons (Fsp3) is 0.280. The highest BCUT2D eigenvalue weighted by atomic mass is 79.9. The summed E-state index contributed by atoms with van der Waals surface area (Å²) in [5.74, 6) is -2.29. The lowest BCUT2D eigenvalue weighted by atomic mass is 9.97. The number of amides is 2. The molecule has 0 bridgehead atoms. The molecular formula is C25H23BrN2O6S. The van der Waals surface area contributed by atoms with Crippen LogP contribution in [0.2, 0.25) is 0 Å². The highest BCUT2D eigenvalue weighted by Gasteiger charge is 2.57. The molecule has 1 fully saturated rings. The van der Waals surface area contributed by atoms with E-state index in [0.717, 1.165) is 11.1 Å². The van der Waals surface area contributed by atoms with E-state index in [2.05, 4.69) is 21.2 Å². The van der Waals surface area contributed by atoms with Crippen LogP contribution in [-0.4, -0.2) is 58.0 Å². The topological polar surface area (TPSA) is 102 Å². The van der Waals surface area contributed by atoms with Gasteiger partial charge in [-0.15, -0.1) is 11.8 Å². The van der Waals surface area contributed by atoms with Gasteiger partial charge in [-0.1, -0.05) is 76.6 Å². The standard InChI is InChI=1S/C25H23BrN2O6S/c1-15(29)27-19-22(30)28-20(18(14-35-23(19)28)24(31)33-13-12-26)25(32)34-21(16-8-4-2-5-9-16)17-10-6-3-7-11-17/h2-11,14,19-21,23H,12-13H2,1H3,(H,27,29)/t19?,20?,23-/m1/s1. The van der Waals surface area contributed by atoms with Crippen molar-refractivity contribution in [3.05, 3.63) is 82.8 Å². The van der Waals surface area contributed by atoms with Crippen LogP contribution in [0.3, 0.4) is 0 Å². The van der Waals surface area contributed by atoms with Gasteiger partial charge in [0.05, 0.1) is 5.57 Å². The third-order valence-corrected chi connectivity index (χ3v) is 7.05.